The maximum Gasteiger partial charge on any atom is 0.237 e. The van der Waals surface area contributed by atoms with E-state index >= 15 is 0 Å². The summed E-state index contributed by atoms with van der Waals surface area (Å²) in [5.74, 6) is 0.0199. The fourth-order valence-electron chi connectivity index (χ4n) is 1.89. The van der Waals surface area contributed by atoms with Crippen molar-refractivity contribution in [2.45, 2.75) is 39.4 Å². The van der Waals surface area contributed by atoms with E-state index in [1.165, 1.54) is 0 Å². The van der Waals surface area contributed by atoms with E-state index in [9.17, 15) is 4.79 Å². The zero-order valence-corrected chi connectivity index (χ0v) is 11.6. The number of rotatable bonds is 5. The first kappa shape index (κ1) is 13.5. The minimum Gasteiger partial charge on any atom is -0.353 e. The Bertz CT molecular complexity index is 561. The van der Waals surface area contributed by atoms with Crippen LogP contribution >= 0.6 is 0 Å². The second kappa shape index (κ2) is 5.84. The van der Waals surface area contributed by atoms with Gasteiger partial charge in [0.25, 0.3) is 0 Å². The lowest BCUT2D eigenvalue weighted by Gasteiger charge is -2.15. The number of carbonyl (C=O) groups excluding carboxylic acids is 1. The highest BCUT2D eigenvalue weighted by atomic mass is 16.2. The summed E-state index contributed by atoms with van der Waals surface area (Å²) in [6.07, 6.45) is 3.74. The lowest BCUT2D eigenvalue weighted by atomic mass is 10.2. The molecule has 1 amide bonds. The Kier molecular flexibility index (Phi) is 4.16. The minimum absolute atomic E-state index is 0.0199. The molecule has 2 aromatic heterocycles. The van der Waals surface area contributed by atoms with Gasteiger partial charge in [0.2, 0.25) is 5.91 Å². The van der Waals surface area contributed by atoms with Gasteiger partial charge in [0.05, 0.1) is 17.8 Å². The minimum atomic E-state index is -0.221. The van der Waals surface area contributed by atoms with Gasteiger partial charge in [-0.15, -0.1) is 0 Å². The number of nitrogens with zero attached hydrogens (tertiary/aromatic N) is 2. The van der Waals surface area contributed by atoms with E-state index in [1.54, 1.807) is 0 Å². The van der Waals surface area contributed by atoms with Gasteiger partial charge in [-0.1, -0.05) is 6.07 Å². The van der Waals surface area contributed by atoms with Gasteiger partial charge in [-0.3, -0.25) is 4.79 Å². The first-order valence-electron chi connectivity index (χ1n) is 6.53. The molecular formula is C14H20N4O. The molecule has 1 unspecified atom stereocenters. The molecule has 1 atom stereocenters. The summed E-state index contributed by atoms with van der Waals surface area (Å²) >= 11 is 0. The average molecular weight is 260 g/mol. The summed E-state index contributed by atoms with van der Waals surface area (Å²) in [5.41, 5.74) is 2.15. The molecule has 2 heterocycles. The van der Waals surface area contributed by atoms with E-state index in [4.69, 9.17) is 0 Å². The Hall–Kier alpha value is -1.88. The smallest absolute Gasteiger partial charge is 0.237 e. The second-order valence-electron chi connectivity index (χ2n) is 4.97. The Morgan fingerprint density at radius 1 is 1.37 bits per heavy atom. The number of nitrogens with one attached hydrogen (secondary N) is 2. The summed E-state index contributed by atoms with van der Waals surface area (Å²) in [7, 11) is 0. The Morgan fingerprint density at radius 3 is 2.89 bits per heavy atom. The summed E-state index contributed by atoms with van der Waals surface area (Å²) in [6, 6.07) is 5.88. The average Bonchev–Trinajstić information content (AvgIpc) is 2.78. The van der Waals surface area contributed by atoms with Crippen LogP contribution in [0.15, 0.2) is 30.6 Å². The molecule has 0 aliphatic rings. The molecule has 5 heteroatoms. The van der Waals surface area contributed by atoms with Gasteiger partial charge in [0.15, 0.2) is 0 Å². The van der Waals surface area contributed by atoms with Crippen LogP contribution in [0.1, 0.15) is 26.3 Å². The van der Waals surface area contributed by atoms with Crippen LogP contribution in [-0.4, -0.2) is 27.6 Å². The zero-order chi connectivity index (χ0) is 13.8. The van der Waals surface area contributed by atoms with Crippen molar-refractivity contribution in [3.63, 3.8) is 0 Å². The van der Waals surface area contributed by atoms with E-state index in [0.717, 1.165) is 11.1 Å². The van der Waals surface area contributed by atoms with Crippen molar-refractivity contribution in [3.8, 4) is 0 Å². The monoisotopic (exact) mass is 260 g/mol. The summed E-state index contributed by atoms with van der Waals surface area (Å²) in [4.78, 5) is 11.8. The molecule has 0 saturated carbocycles. The quantitative estimate of drug-likeness (QED) is 0.853. The highest BCUT2D eigenvalue weighted by Crippen LogP contribution is 2.09. The Balaban J connectivity index is 1.97. The van der Waals surface area contributed by atoms with Gasteiger partial charge in [-0.05, 0) is 32.9 Å². The van der Waals surface area contributed by atoms with Crippen LogP contribution < -0.4 is 10.6 Å². The van der Waals surface area contributed by atoms with Crippen molar-refractivity contribution in [1.29, 1.82) is 0 Å². The topological polar surface area (TPSA) is 58.4 Å². The molecule has 19 heavy (non-hydrogen) atoms. The highest BCUT2D eigenvalue weighted by Gasteiger charge is 2.13. The number of hydrogen-bond donors (Lipinski definition) is 2. The molecule has 102 valence electrons. The number of pyridine rings is 1. The van der Waals surface area contributed by atoms with Crippen LogP contribution in [0.4, 0.5) is 0 Å². The van der Waals surface area contributed by atoms with Crippen molar-refractivity contribution in [2.24, 2.45) is 0 Å². The fourth-order valence-corrected chi connectivity index (χ4v) is 1.89. The zero-order valence-electron chi connectivity index (χ0n) is 11.6. The largest absolute Gasteiger partial charge is 0.353 e. The SMILES string of the molecule is CC(C)NC(=O)C(C)NCc1cnn2ccccc12. The molecule has 0 aromatic carbocycles. The van der Waals surface area contributed by atoms with Crippen LogP contribution in [0.5, 0.6) is 0 Å². The number of carbonyl (C=O) groups is 1. The normalized spacial score (nSPS) is 12.8. The molecule has 5 nitrogen and oxygen atoms in total. The fraction of sp³-hybridized carbons (Fsp3) is 0.429. The van der Waals surface area contributed by atoms with E-state index in [-0.39, 0.29) is 18.0 Å². The Morgan fingerprint density at radius 2 is 2.16 bits per heavy atom. The van der Waals surface area contributed by atoms with Crippen LogP contribution in [0.2, 0.25) is 0 Å². The van der Waals surface area contributed by atoms with Gasteiger partial charge in [0, 0.05) is 24.3 Å². The predicted molar refractivity (Wildman–Crippen MR) is 74.8 cm³/mol. The lowest BCUT2D eigenvalue weighted by Crippen LogP contribution is -2.44. The molecule has 0 aliphatic heterocycles. The number of aromatic nitrogens is 2. The van der Waals surface area contributed by atoms with Crippen molar-refractivity contribution >= 4 is 11.4 Å². The maximum atomic E-state index is 11.8. The van der Waals surface area contributed by atoms with Crippen LogP contribution in [0.25, 0.3) is 5.52 Å². The van der Waals surface area contributed by atoms with E-state index in [2.05, 4.69) is 15.7 Å². The molecule has 2 rings (SSSR count). The standard InChI is InChI=1S/C14H20N4O/c1-10(2)17-14(19)11(3)15-8-12-9-16-18-7-5-4-6-13(12)18/h4-7,9-11,15H,8H2,1-3H3,(H,17,19). The van der Waals surface area contributed by atoms with Crippen molar-refractivity contribution in [1.82, 2.24) is 20.2 Å². The van der Waals surface area contributed by atoms with Crippen LogP contribution in [0.3, 0.4) is 0 Å². The third-order valence-corrected chi connectivity index (χ3v) is 2.93. The van der Waals surface area contributed by atoms with Gasteiger partial charge in [0.1, 0.15) is 0 Å². The van der Waals surface area contributed by atoms with Gasteiger partial charge in [-0.2, -0.15) is 5.10 Å². The van der Waals surface area contributed by atoms with Crippen molar-refractivity contribution in [2.75, 3.05) is 0 Å². The highest BCUT2D eigenvalue weighted by molar-refractivity contribution is 5.81. The van der Waals surface area contributed by atoms with Crippen molar-refractivity contribution < 1.29 is 4.79 Å². The van der Waals surface area contributed by atoms with Gasteiger partial charge >= 0.3 is 0 Å². The second-order valence-corrected chi connectivity index (χ2v) is 4.97. The predicted octanol–water partition coefficient (Wildman–Crippen LogP) is 1.34. The molecule has 0 spiro atoms. The number of fused-ring (bicyclic) bond motifs is 1. The molecule has 2 aromatic rings. The molecule has 2 N–H and O–H groups in total. The third-order valence-electron chi connectivity index (χ3n) is 2.93. The van der Waals surface area contributed by atoms with Gasteiger partial charge < -0.3 is 10.6 Å². The first-order chi connectivity index (χ1) is 9.08. The molecule has 0 aliphatic carbocycles. The van der Waals surface area contributed by atoms with E-state index in [1.807, 2.05) is 55.9 Å². The van der Waals surface area contributed by atoms with E-state index < -0.39 is 0 Å². The number of amides is 1. The third kappa shape index (κ3) is 3.32. The summed E-state index contributed by atoms with van der Waals surface area (Å²) in [5, 5.41) is 10.4. The summed E-state index contributed by atoms with van der Waals surface area (Å²) in [6.45, 7) is 6.40. The van der Waals surface area contributed by atoms with Crippen LogP contribution in [-0.2, 0) is 11.3 Å². The van der Waals surface area contributed by atoms with Crippen molar-refractivity contribution in [3.05, 3.63) is 36.2 Å². The van der Waals surface area contributed by atoms with Crippen LogP contribution in [0, 0.1) is 0 Å². The number of hydrogen-bond acceptors (Lipinski definition) is 3. The molecule has 0 radical (unpaired) electrons. The molecule has 0 saturated heterocycles. The molecule has 0 fully saturated rings. The molecular weight excluding hydrogens is 240 g/mol. The summed E-state index contributed by atoms with van der Waals surface area (Å²) < 4.78 is 1.83. The van der Waals surface area contributed by atoms with Gasteiger partial charge in [-0.25, -0.2) is 4.52 Å². The maximum absolute atomic E-state index is 11.8. The Labute approximate surface area is 113 Å². The van der Waals surface area contributed by atoms with E-state index in [0.29, 0.717) is 6.54 Å². The first-order valence-corrected chi connectivity index (χ1v) is 6.53. The molecule has 0 bridgehead atoms. The lowest BCUT2D eigenvalue weighted by molar-refractivity contribution is -0.123.